The van der Waals surface area contributed by atoms with Crippen LogP contribution in [0.15, 0.2) is 48.5 Å². The fraction of sp³-hybridized carbons (Fsp3) is 0.368. The molecule has 2 N–H and O–H groups in total. The maximum atomic E-state index is 10.3. The molecule has 1 aliphatic rings. The van der Waals surface area contributed by atoms with Gasteiger partial charge < -0.3 is 15.2 Å². The van der Waals surface area contributed by atoms with Gasteiger partial charge in [0.15, 0.2) is 0 Å². The summed E-state index contributed by atoms with van der Waals surface area (Å²) >= 11 is 0. The monoisotopic (exact) mass is 297 g/mol. The molecule has 2 aromatic carbocycles. The van der Waals surface area contributed by atoms with E-state index in [-0.39, 0.29) is 0 Å². The number of aryl methyl sites for hydroxylation is 1. The molecular weight excluding hydrogens is 274 g/mol. The van der Waals surface area contributed by atoms with E-state index >= 15 is 0 Å². The molecule has 0 aromatic heterocycles. The molecule has 3 nitrogen and oxygen atoms in total. The summed E-state index contributed by atoms with van der Waals surface area (Å²) in [7, 11) is 1.64. The average molecular weight is 297 g/mol. The van der Waals surface area contributed by atoms with Crippen LogP contribution in [0.4, 0.5) is 0 Å². The third kappa shape index (κ3) is 3.49. The Hall–Kier alpha value is -1.84. The number of aliphatic hydroxyl groups excluding tert-OH is 1. The highest BCUT2D eigenvalue weighted by Gasteiger charge is 2.19. The van der Waals surface area contributed by atoms with Crippen molar-refractivity contribution in [3.05, 3.63) is 65.2 Å². The maximum Gasteiger partial charge on any atom is 0.119 e. The van der Waals surface area contributed by atoms with Gasteiger partial charge in [-0.05, 0) is 48.1 Å². The third-order valence-corrected chi connectivity index (χ3v) is 4.43. The van der Waals surface area contributed by atoms with E-state index in [1.165, 1.54) is 11.1 Å². The third-order valence-electron chi connectivity index (χ3n) is 4.43. The zero-order chi connectivity index (χ0) is 15.4. The lowest BCUT2D eigenvalue weighted by atomic mass is 9.88. The minimum atomic E-state index is -0.507. The number of benzene rings is 2. The van der Waals surface area contributed by atoms with Crippen molar-refractivity contribution in [2.45, 2.75) is 31.4 Å². The Bertz CT molecular complexity index is 626. The fourth-order valence-electron chi connectivity index (χ4n) is 3.12. The van der Waals surface area contributed by atoms with Gasteiger partial charge >= 0.3 is 0 Å². The van der Waals surface area contributed by atoms with Gasteiger partial charge in [0.05, 0.1) is 13.2 Å². The summed E-state index contributed by atoms with van der Waals surface area (Å²) < 4.78 is 5.21. The van der Waals surface area contributed by atoms with E-state index in [2.05, 4.69) is 29.6 Å². The Morgan fingerprint density at radius 1 is 1.18 bits per heavy atom. The van der Waals surface area contributed by atoms with Gasteiger partial charge in [-0.3, -0.25) is 0 Å². The first-order valence-corrected chi connectivity index (χ1v) is 7.88. The van der Waals surface area contributed by atoms with E-state index < -0.39 is 6.10 Å². The van der Waals surface area contributed by atoms with E-state index in [0.29, 0.717) is 12.6 Å². The lowest BCUT2D eigenvalue weighted by Crippen LogP contribution is -2.37. The molecule has 0 aliphatic heterocycles. The number of nitrogens with one attached hydrogen (secondary N) is 1. The molecule has 0 bridgehead atoms. The Morgan fingerprint density at radius 3 is 2.82 bits per heavy atom. The predicted molar refractivity (Wildman–Crippen MR) is 88.2 cm³/mol. The number of rotatable bonds is 5. The molecule has 0 radical (unpaired) electrons. The van der Waals surface area contributed by atoms with Crippen LogP contribution in [-0.4, -0.2) is 24.8 Å². The first-order chi connectivity index (χ1) is 10.8. The van der Waals surface area contributed by atoms with Crippen LogP contribution in [-0.2, 0) is 12.8 Å². The zero-order valence-electron chi connectivity index (χ0n) is 13.0. The molecule has 2 atom stereocenters. The van der Waals surface area contributed by atoms with Gasteiger partial charge in [0, 0.05) is 12.6 Å². The van der Waals surface area contributed by atoms with Crippen molar-refractivity contribution in [3.8, 4) is 5.75 Å². The van der Waals surface area contributed by atoms with E-state index in [0.717, 1.165) is 30.6 Å². The normalized spacial score (nSPS) is 18.5. The highest BCUT2D eigenvalue weighted by molar-refractivity contribution is 5.31. The fourth-order valence-corrected chi connectivity index (χ4v) is 3.12. The summed E-state index contributed by atoms with van der Waals surface area (Å²) in [6.07, 6.45) is 2.78. The molecule has 2 aromatic rings. The Balaban J connectivity index is 1.56. The summed E-state index contributed by atoms with van der Waals surface area (Å²) in [4.78, 5) is 0. The van der Waals surface area contributed by atoms with Crippen molar-refractivity contribution in [2.75, 3.05) is 13.7 Å². The first kappa shape index (κ1) is 15.1. The summed E-state index contributed by atoms with van der Waals surface area (Å²) in [6, 6.07) is 16.7. The van der Waals surface area contributed by atoms with Crippen molar-refractivity contribution < 1.29 is 9.84 Å². The van der Waals surface area contributed by atoms with Gasteiger partial charge in [-0.1, -0.05) is 36.4 Å². The lowest BCUT2D eigenvalue weighted by Gasteiger charge is -2.26. The van der Waals surface area contributed by atoms with Gasteiger partial charge in [-0.2, -0.15) is 0 Å². The molecule has 0 saturated carbocycles. The van der Waals surface area contributed by atoms with Gasteiger partial charge in [-0.15, -0.1) is 0 Å². The second-order valence-electron chi connectivity index (χ2n) is 5.91. The molecule has 3 heteroatoms. The van der Waals surface area contributed by atoms with Gasteiger partial charge in [0.2, 0.25) is 0 Å². The molecule has 0 spiro atoms. The molecule has 116 valence electrons. The van der Waals surface area contributed by atoms with Gasteiger partial charge in [0.1, 0.15) is 5.75 Å². The molecule has 0 amide bonds. The van der Waals surface area contributed by atoms with Gasteiger partial charge in [-0.25, -0.2) is 0 Å². The van der Waals surface area contributed by atoms with Crippen molar-refractivity contribution in [3.63, 3.8) is 0 Å². The second kappa shape index (κ2) is 6.95. The Morgan fingerprint density at radius 2 is 2.00 bits per heavy atom. The van der Waals surface area contributed by atoms with Crippen LogP contribution >= 0.6 is 0 Å². The van der Waals surface area contributed by atoms with Crippen molar-refractivity contribution in [1.29, 1.82) is 0 Å². The van der Waals surface area contributed by atoms with Crippen LogP contribution in [0.5, 0.6) is 5.75 Å². The summed E-state index contributed by atoms with van der Waals surface area (Å²) in [5, 5.41) is 13.9. The number of fused-ring (bicyclic) bond motifs is 1. The minimum Gasteiger partial charge on any atom is -0.497 e. The van der Waals surface area contributed by atoms with E-state index in [9.17, 15) is 5.11 Å². The van der Waals surface area contributed by atoms with E-state index in [1.54, 1.807) is 7.11 Å². The first-order valence-electron chi connectivity index (χ1n) is 7.88. The van der Waals surface area contributed by atoms with Crippen LogP contribution in [0, 0.1) is 0 Å². The number of hydrogen-bond donors (Lipinski definition) is 2. The van der Waals surface area contributed by atoms with Crippen LogP contribution in [0.25, 0.3) is 0 Å². The smallest absolute Gasteiger partial charge is 0.119 e. The van der Waals surface area contributed by atoms with E-state index in [4.69, 9.17) is 4.74 Å². The van der Waals surface area contributed by atoms with Crippen LogP contribution < -0.4 is 10.1 Å². The quantitative estimate of drug-likeness (QED) is 0.891. The minimum absolute atomic E-state index is 0.440. The molecule has 2 unspecified atom stereocenters. The largest absolute Gasteiger partial charge is 0.497 e. The van der Waals surface area contributed by atoms with Crippen LogP contribution in [0.1, 0.15) is 29.2 Å². The van der Waals surface area contributed by atoms with Crippen molar-refractivity contribution in [2.24, 2.45) is 0 Å². The summed E-state index contributed by atoms with van der Waals surface area (Å²) in [5.74, 6) is 0.781. The van der Waals surface area contributed by atoms with Crippen molar-refractivity contribution in [1.82, 2.24) is 5.32 Å². The molecule has 1 aliphatic carbocycles. The number of hydrogen-bond acceptors (Lipinski definition) is 3. The Labute approximate surface area is 131 Å². The summed E-state index contributed by atoms with van der Waals surface area (Å²) in [5.41, 5.74) is 3.79. The van der Waals surface area contributed by atoms with Crippen molar-refractivity contribution >= 4 is 0 Å². The molecule has 22 heavy (non-hydrogen) atoms. The average Bonchev–Trinajstić information content (AvgIpc) is 2.59. The standard InChI is InChI=1S/C19H23NO2/c1-22-18-8-4-7-16(12-18)19(21)13-20-17-10-9-14-5-2-3-6-15(14)11-17/h2-8,12,17,19-21H,9-11,13H2,1H3. The number of aliphatic hydroxyl groups is 1. The zero-order valence-corrected chi connectivity index (χ0v) is 13.0. The highest BCUT2D eigenvalue weighted by Crippen LogP contribution is 2.22. The lowest BCUT2D eigenvalue weighted by molar-refractivity contribution is 0.168. The SMILES string of the molecule is COc1cccc(C(O)CNC2CCc3ccccc3C2)c1. The molecule has 0 fully saturated rings. The number of ether oxygens (including phenoxy) is 1. The molecule has 0 heterocycles. The number of methoxy groups -OCH3 is 1. The highest BCUT2D eigenvalue weighted by atomic mass is 16.5. The van der Waals surface area contributed by atoms with Crippen LogP contribution in [0.2, 0.25) is 0 Å². The molecule has 3 rings (SSSR count). The van der Waals surface area contributed by atoms with E-state index in [1.807, 2.05) is 24.3 Å². The summed E-state index contributed by atoms with van der Waals surface area (Å²) in [6.45, 7) is 0.569. The maximum absolute atomic E-state index is 10.3. The van der Waals surface area contributed by atoms with Crippen LogP contribution in [0.3, 0.4) is 0 Å². The Kier molecular flexibility index (Phi) is 4.76. The molecule has 0 saturated heterocycles. The predicted octanol–water partition coefficient (Wildman–Crippen LogP) is 2.88. The second-order valence-corrected chi connectivity index (χ2v) is 5.91. The van der Waals surface area contributed by atoms with Gasteiger partial charge in [0.25, 0.3) is 0 Å². The topological polar surface area (TPSA) is 41.5 Å². The molecular formula is C19H23NO2.